The van der Waals surface area contributed by atoms with Gasteiger partial charge in [0, 0.05) is 6.42 Å². The molecule has 0 radical (unpaired) electrons. The number of quaternary nitrogens is 1. The Kier molecular flexibility index (Phi) is 20.3. The summed E-state index contributed by atoms with van der Waals surface area (Å²) in [6.45, 7) is 1.41. The van der Waals surface area contributed by atoms with E-state index in [9.17, 15) is 29.3 Å². The molecule has 2 N–H and O–H groups in total. The number of likely N-dealkylation sites (N-methyl/N-ethyl adjacent to an activating group) is 1. The molecule has 1 amide bonds. The van der Waals surface area contributed by atoms with Gasteiger partial charge in [0.05, 0.1) is 27.7 Å². The lowest BCUT2D eigenvalue weighted by Crippen LogP contribution is -2.47. The van der Waals surface area contributed by atoms with E-state index in [2.05, 4.69) is 6.92 Å². The largest absolute Gasteiger partial charge is 0.755 e. The maximum atomic E-state index is 12.6. The summed E-state index contributed by atoms with van der Waals surface area (Å²) in [7, 11) is 0.540. The Morgan fingerprint density at radius 1 is 0.865 bits per heavy atom. The molecular formula is C26H53N2O8P. The van der Waals surface area contributed by atoms with Crippen molar-refractivity contribution in [2.45, 2.75) is 116 Å². The molecule has 0 heterocycles. The molecule has 0 aliphatic rings. The zero-order valence-electron chi connectivity index (χ0n) is 23.7. The van der Waals surface area contributed by atoms with Crippen LogP contribution < -0.4 is 4.89 Å². The number of aliphatic hydroxyl groups excluding tert-OH is 1. The van der Waals surface area contributed by atoms with Crippen molar-refractivity contribution in [3.63, 3.8) is 0 Å². The number of phosphoric ester groups is 1. The van der Waals surface area contributed by atoms with Gasteiger partial charge in [-0.15, -0.1) is 0 Å². The zero-order valence-corrected chi connectivity index (χ0v) is 24.6. The van der Waals surface area contributed by atoms with E-state index in [4.69, 9.17) is 9.15 Å². The molecule has 0 aromatic rings. The summed E-state index contributed by atoms with van der Waals surface area (Å²) in [4.78, 5) is 36.2. The molecule has 220 valence electrons. The maximum absolute atomic E-state index is 12.6. The SMILES string of the molecule is CCCCCCCCCCCCCCCCCC(=O)N(OP(=O)([O-])OCC[N+](C)(C)C)[C@H](CO)C(=O)O. The highest BCUT2D eigenvalue weighted by molar-refractivity contribution is 7.45. The van der Waals surface area contributed by atoms with Crippen LogP contribution in [0, 0.1) is 0 Å². The molecule has 0 aliphatic heterocycles. The van der Waals surface area contributed by atoms with Gasteiger partial charge in [-0.3, -0.25) is 9.36 Å². The number of carboxylic acid groups (broad SMARTS) is 1. The van der Waals surface area contributed by atoms with E-state index in [1.165, 1.54) is 64.2 Å². The number of aliphatic hydroxyl groups is 1. The van der Waals surface area contributed by atoms with Crippen molar-refractivity contribution >= 4 is 19.7 Å². The second kappa shape index (κ2) is 20.9. The van der Waals surface area contributed by atoms with Crippen molar-refractivity contribution in [3.05, 3.63) is 0 Å². The van der Waals surface area contributed by atoms with Crippen LogP contribution >= 0.6 is 7.82 Å². The molecule has 2 atom stereocenters. The first-order valence-electron chi connectivity index (χ1n) is 14.0. The quantitative estimate of drug-likeness (QED) is 0.0723. The van der Waals surface area contributed by atoms with Gasteiger partial charge >= 0.3 is 5.97 Å². The van der Waals surface area contributed by atoms with Crippen molar-refractivity contribution in [3.8, 4) is 0 Å². The predicted molar refractivity (Wildman–Crippen MR) is 142 cm³/mol. The average molecular weight is 553 g/mol. The summed E-state index contributed by atoms with van der Waals surface area (Å²) in [6.07, 6.45) is 17.4. The number of phosphoric acid groups is 1. The third-order valence-corrected chi connectivity index (χ3v) is 7.06. The van der Waals surface area contributed by atoms with Crippen LogP contribution in [0.15, 0.2) is 0 Å². The molecule has 0 aromatic carbocycles. The van der Waals surface area contributed by atoms with Crippen molar-refractivity contribution in [2.24, 2.45) is 0 Å². The van der Waals surface area contributed by atoms with Crippen LogP contribution in [0.1, 0.15) is 110 Å². The number of carbonyl (C=O) groups excluding carboxylic acids is 1. The summed E-state index contributed by atoms with van der Waals surface area (Å²) >= 11 is 0. The second-order valence-corrected chi connectivity index (χ2v) is 12.1. The van der Waals surface area contributed by atoms with E-state index in [1.807, 2.05) is 21.1 Å². The first-order chi connectivity index (χ1) is 17.4. The molecule has 0 rings (SSSR count). The molecule has 0 spiro atoms. The van der Waals surface area contributed by atoms with Gasteiger partial charge in [0.1, 0.15) is 13.2 Å². The number of hydroxylamine groups is 2. The Bertz CT molecular complexity index is 657. The van der Waals surface area contributed by atoms with E-state index in [-0.39, 0.29) is 18.1 Å². The Hall–Kier alpha value is -1.03. The standard InChI is InChI=1S/C26H53N2O8P/c1-5-6-7-8-9-10-11-12-13-14-15-16-17-18-19-20-25(30)27(24(23-29)26(31)32)36-37(33,34)35-22-21-28(2,3)4/h24,29H,5-23H2,1-4H3,(H-,31,32,33,34)/t24-/m1/s1. The average Bonchev–Trinajstić information content (AvgIpc) is 2.80. The molecule has 0 fully saturated rings. The summed E-state index contributed by atoms with van der Waals surface area (Å²) in [5.41, 5.74) is 0. The molecule has 37 heavy (non-hydrogen) atoms. The predicted octanol–water partition coefficient (Wildman–Crippen LogP) is 4.64. The van der Waals surface area contributed by atoms with E-state index in [0.717, 1.165) is 25.7 Å². The number of carbonyl (C=O) groups is 2. The number of aliphatic carboxylic acids is 1. The lowest BCUT2D eigenvalue weighted by Gasteiger charge is -2.33. The normalized spacial score (nSPS) is 14.3. The van der Waals surface area contributed by atoms with Crippen LogP contribution in [-0.4, -0.2) is 78.6 Å². The molecule has 0 saturated heterocycles. The van der Waals surface area contributed by atoms with E-state index >= 15 is 0 Å². The van der Waals surface area contributed by atoms with E-state index in [1.54, 1.807) is 0 Å². The number of amides is 1. The van der Waals surface area contributed by atoms with Crippen molar-refractivity contribution in [1.82, 2.24) is 5.06 Å². The Morgan fingerprint density at radius 3 is 1.68 bits per heavy atom. The molecule has 1 unspecified atom stereocenters. The molecule has 0 aliphatic carbocycles. The van der Waals surface area contributed by atoms with Gasteiger partial charge in [-0.1, -0.05) is 96.8 Å². The fourth-order valence-corrected chi connectivity index (χ4v) is 4.62. The first kappa shape index (κ1) is 36.0. The van der Waals surface area contributed by atoms with Gasteiger partial charge in [-0.05, 0) is 6.42 Å². The van der Waals surface area contributed by atoms with Crippen LogP contribution in [0.4, 0.5) is 0 Å². The number of unbranched alkanes of at least 4 members (excludes halogenated alkanes) is 14. The van der Waals surface area contributed by atoms with Gasteiger partial charge in [0.25, 0.3) is 7.82 Å². The molecular weight excluding hydrogens is 499 g/mol. The molecule has 0 bridgehead atoms. The lowest BCUT2D eigenvalue weighted by molar-refractivity contribution is -0.870. The third-order valence-electron chi connectivity index (χ3n) is 6.18. The van der Waals surface area contributed by atoms with Crippen LogP contribution in [0.25, 0.3) is 0 Å². The summed E-state index contributed by atoms with van der Waals surface area (Å²) < 4.78 is 22.1. The minimum atomic E-state index is -5.00. The summed E-state index contributed by atoms with van der Waals surface area (Å²) in [6, 6.07) is -1.84. The molecule has 0 saturated carbocycles. The highest BCUT2D eigenvalue weighted by Crippen LogP contribution is 2.40. The topological polar surface area (TPSA) is 136 Å². The number of nitrogens with zero attached hydrogens (tertiary/aromatic N) is 2. The Balaban J connectivity index is 4.26. The Morgan fingerprint density at radius 2 is 1.30 bits per heavy atom. The molecule has 10 nitrogen and oxygen atoms in total. The zero-order chi connectivity index (χ0) is 28.2. The van der Waals surface area contributed by atoms with Crippen molar-refractivity contribution in [1.29, 1.82) is 0 Å². The van der Waals surface area contributed by atoms with Crippen LogP contribution in [0.3, 0.4) is 0 Å². The summed E-state index contributed by atoms with van der Waals surface area (Å²) in [5.74, 6) is -2.39. The smallest absolute Gasteiger partial charge is 0.331 e. The van der Waals surface area contributed by atoms with Crippen LogP contribution in [0.2, 0.25) is 0 Å². The van der Waals surface area contributed by atoms with Gasteiger partial charge in [-0.2, -0.15) is 9.69 Å². The monoisotopic (exact) mass is 552 g/mol. The minimum Gasteiger partial charge on any atom is -0.755 e. The fourth-order valence-electron chi connectivity index (χ4n) is 3.84. The Labute approximate surface area is 224 Å². The van der Waals surface area contributed by atoms with Gasteiger partial charge in [0.2, 0.25) is 5.91 Å². The van der Waals surface area contributed by atoms with Crippen molar-refractivity contribution in [2.75, 3.05) is 40.9 Å². The fraction of sp³-hybridized carbons (Fsp3) is 0.923. The second-order valence-electron chi connectivity index (χ2n) is 10.8. The van der Waals surface area contributed by atoms with Crippen LogP contribution in [0.5, 0.6) is 0 Å². The number of hydrogen-bond acceptors (Lipinski definition) is 7. The minimum absolute atomic E-state index is 0.0824. The summed E-state index contributed by atoms with van der Waals surface area (Å²) in [5, 5.41) is 18.9. The highest BCUT2D eigenvalue weighted by atomic mass is 31.2. The van der Waals surface area contributed by atoms with E-state index in [0.29, 0.717) is 17.4 Å². The highest BCUT2D eigenvalue weighted by Gasteiger charge is 2.33. The van der Waals surface area contributed by atoms with Gasteiger partial charge in [0.15, 0.2) is 6.04 Å². The van der Waals surface area contributed by atoms with E-state index < -0.39 is 32.3 Å². The molecule has 11 heteroatoms. The van der Waals surface area contributed by atoms with Gasteiger partial charge in [-0.25, -0.2) is 4.79 Å². The lowest BCUT2D eigenvalue weighted by atomic mass is 10.0. The third kappa shape index (κ3) is 20.6. The number of carboxylic acids is 1. The number of rotatable bonds is 25. The number of hydrogen-bond donors (Lipinski definition) is 2. The first-order valence-corrected chi connectivity index (χ1v) is 15.5. The van der Waals surface area contributed by atoms with Crippen molar-refractivity contribution < 1.29 is 42.9 Å². The van der Waals surface area contributed by atoms with Crippen LogP contribution in [-0.2, 0) is 23.3 Å². The maximum Gasteiger partial charge on any atom is 0.331 e. The van der Waals surface area contributed by atoms with Gasteiger partial charge < -0.3 is 24.1 Å². The molecule has 0 aromatic heterocycles.